The molecule has 0 aliphatic carbocycles. The van der Waals surface area contributed by atoms with E-state index in [1.807, 2.05) is 20.8 Å². The first-order chi connectivity index (χ1) is 8.33. The van der Waals surface area contributed by atoms with Gasteiger partial charge in [-0.05, 0) is 19.8 Å². The van der Waals surface area contributed by atoms with Crippen molar-refractivity contribution in [2.45, 2.75) is 46.3 Å². The van der Waals surface area contributed by atoms with E-state index in [2.05, 4.69) is 5.32 Å². The fourth-order valence-corrected chi connectivity index (χ4v) is 1.47. The minimum Gasteiger partial charge on any atom is -0.480 e. The maximum Gasteiger partial charge on any atom is 0.328 e. The quantitative estimate of drug-likeness (QED) is 0.634. The molecule has 0 radical (unpaired) electrons. The van der Waals surface area contributed by atoms with Crippen molar-refractivity contribution in [2.24, 2.45) is 5.92 Å². The highest BCUT2D eigenvalue weighted by Crippen LogP contribution is 2.05. The van der Waals surface area contributed by atoms with Crippen LogP contribution in [0.2, 0.25) is 0 Å². The average molecular weight is 260 g/mol. The summed E-state index contributed by atoms with van der Waals surface area (Å²) in [5.41, 5.74) is 0. The summed E-state index contributed by atoms with van der Waals surface area (Å²) in [6.07, 6.45) is -0.184. The van der Waals surface area contributed by atoms with Gasteiger partial charge in [-0.25, -0.2) is 9.59 Å². The van der Waals surface area contributed by atoms with Crippen LogP contribution in [0.1, 0.15) is 34.1 Å². The Hall–Kier alpha value is -1.30. The van der Waals surface area contributed by atoms with Crippen molar-refractivity contribution in [3.8, 4) is 0 Å². The number of nitrogens with zero attached hydrogens (tertiary/aromatic N) is 1. The summed E-state index contributed by atoms with van der Waals surface area (Å²) < 4.78 is 0. The van der Waals surface area contributed by atoms with Crippen LogP contribution < -0.4 is 5.32 Å². The van der Waals surface area contributed by atoms with Gasteiger partial charge in [-0.1, -0.05) is 20.3 Å². The first-order valence-corrected chi connectivity index (χ1v) is 6.29. The van der Waals surface area contributed by atoms with Crippen LogP contribution in [-0.4, -0.2) is 52.3 Å². The molecule has 0 aliphatic heterocycles. The van der Waals surface area contributed by atoms with Crippen molar-refractivity contribution >= 4 is 12.0 Å². The van der Waals surface area contributed by atoms with E-state index in [4.69, 9.17) is 5.11 Å². The molecule has 0 bridgehead atoms. The molecule has 18 heavy (non-hydrogen) atoms. The molecule has 0 rings (SSSR count). The molecular formula is C12H24N2O4. The van der Waals surface area contributed by atoms with Gasteiger partial charge < -0.3 is 20.4 Å². The number of aliphatic hydroxyl groups is 1. The van der Waals surface area contributed by atoms with Gasteiger partial charge in [0.25, 0.3) is 0 Å². The van der Waals surface area contributed by atoms with E-state index >= 15 is 0 Å². The Balaban J connectivity index is 4.55. The summed E-state index contributed by atoms with van der Waals surface area (Å²) >= 11 is 0. The molecule has 6 nitrogen and oxygen atoms in total. The second-order valence-corrected chi connectivity index (χ2v) is 4.56. The molecule has 0 saturated heterocycles. The zero-order chi connectivity index (χ0) is 14.3. The molecule has 3 N–H and O–H groups in total. The van der Waals surface area contributed by atoms with Gasteiger partial charge >= 0.3 is 12.0 Å². The average Bonchev–Trinajstić information content (AvgIpc) is 2.31. The van der Waals surface area contributed by atoms with Gasteiger partial charge in [0, 0.05) is 13.1 Å². The molecule has 0 fully saturated rings. The zero-order valence-corrected chi connectivity index (χ0v) is 11.5. The summed E-state index contributed by atoms with van der Waals surface area (Å²) in [4.78, 5) is 24.3. The molecule has 0 spiro atoms. The van der Waals surface area contributed by atoms with Gasteiger partial charge in [-0.15, -0.1) is 0 Å². The summed E-state index contributed by atoms with van der Waals surface area (Å²) in [7, 11) is 0. The summed E-state index contributed by atoms with van der Waals surface area (Å²) in [6.45, 7) is 8.31. The molecule has 3 atom stereocenters. The van der Waals surface area contributed by atoms with Crippen LogP contribution in [0.4, 0.5) is 4.79 Å². The first kappa shape index (κ1) is 16.7. The van der Waals surface area contributed by atoms with Gasteiger partial charge in [-0.3, -0.25) is 0 Å². The molecule has 0 aromatic rings. The number of carbonyl (C=O) groups excluding carboxylic acids is 1. The van der Waals surface area contributed by atoms with Crippen LogP contribution in [0.3, 0.4) is 0 Å². The highest BCUT2D eigenvalue weighted by atomic mass is 16.4. The molecular weight excluding hydrogens is 236 g/mol. The lowest BCUT2D eigenvalue weighted by molar-refractivity contribution is -0.141. The number of aliphatic carboxylic acids is 1. The molecule has 0 saturated carbocycles. The first-order valence-electron chi connectivity index (χ1n) is 6.29. The van der Waals surface area contributed by atoms with E-state index in [0.29, 0.717) is 19.0 Å². The number of amides is 2. The van der Waals surface area contributed by atoms with Crippen LogP contribution in [0.5, 0.6) is 0 Å². The number of urea groups is 1. The Morgan fingerprint density at radius 3 is 2.17 bits per heavy atom. The SMILES string of the molecule is CCC(C)CN(CC)C(=O)N[C@H](C(=O)O)[C@@H](C)O. The lowest BCUT2D eigenvalue weighted by Crippen LogP contribution is -2.52. The smallest absolute Gasteiger partial charge is 0.328 e. The third-order valence-electron chi connectivity index (χ3n) is 2.93. The van der Waals surface area contributed by atoms with E-state index in [0.717, 1.165) is 6.42 Å². The highest BCUT2D eigenvalue weighted by Gasteiger charge is 2.27. The summed E-state index contributed by atoms with van der Waals surface area (Å²) in [5.74, 6) is -0.886. The summed E-state index contributed by atoms with van der Waals surface area (Å²) in [6, 6.07) is -1.73. The van der Waals surface area contributed by atoms with Gasteiger partial charge in [0.05, 0.1) is 6.10 Å². The van der Waals surface area contributed by atoms with E-state index in [-0.39, 0.29) is 0 Å². The lowest BCUT2D eigenvalue weighted by atomic mass is 10.1. The predicted octanol–water partition coefficient (Wildman–Crippen LogP) is 0.898. The zero-order valence-electron chi connectivity index (χ0n) is 11.5. The van der Waals surface area contributed by atoms with Crippen LogP contribution in [-0.2, 0) is 4.79 Å². The van der Waals surface area contributed by atoms with Gasteiger partial charge in [0.1, 0.15) is 0 Å². The molecule has 6 heteroatoms. The standard InChI is InChI=1S/C12H24N2O4/c1-5-8(3)7-14(6-2)12(18)13-10(9(4)15)11(16)17/h8-10,15H,5-7H2,1-4H3,(H,13,18)(H,16,17)/t8?,9-,10+/m1/s1. The summed E-state index contributed by atoms with van der Waals surface area (Å²) in [5, 5.41) is 20.5. The normalized spacial score (nSPS) is 15.6. The highest BCUT2D eigenvalue weighted by molar-refractivity contribution is 5.83. The topological polar surface area (TPSA) is 89.9 Å². The third-order valence-corrected chi connectivity index (χ3v) is 2.93. The number of carbonyl (C=O) groups is 2. The van der Waals surface area contributed by atoms with E-state index in [9.17, 15) is 14.7 Å². The second-order valence-electron chi connectivity index (χ2n) is 4.56. The minimum atomic E-state index is -1.27. The van der Waals surface area contributed by atoms with Crippen molar-refractivity contribution in [1.29, 1.82) is 0 Å². The second kappa shape index (κ2) is 7.92. The predicted molar refractivity (Wildman–Crippen MR) is 68.3 cm³/mol. The van der Waals surface area contributed by atoms with Gasteiger partial charge in [0.15, 0.2) is 6.04 Å². The van der Waals surface area contributed by atoms with E-state index < -0.39 is 24.1 Å². The minimum absolute atomic E-state index is 0.352. The van der Waals surface area contributed by atoms with Crippen molar-refractivity contribution in [2.75, 3.05) is 13.1 Å². The maximum atomic E-state index is 11.9. The van der Waals surface area contributed by atoms with Crippen LogP contribution in [0.25, 0.3) is 0 Å². The van der Waals surface area contributed by atoms with Crippen LogP contribution in [0.15, 0.2) is 0 Å². The molecule has 1 unspecified atom stereocenters. The lowest BCUT2D eigenvalue weighted by Gasteiger charge is -2.27. The Kier molecular flexibility index (Phi) is 7.35. The number of hydrogen-bond acceptors (Lipinski definition) is 3. The van der Waals surface area contributed by atoms with Gasteiger partial charge in [-0.2, -0.15) is 0 Å². The van der Waals surface area contributed by atoms with Crippen LogP contribution >= 0.6 is 0 Å². The van der Waals surface area contributed by atoms with E-state index in [1.54, 1.807) is 4.90 Å². The Labute approximate surface area is 108 Å². The maximum absolute atomic E-state index is 11.9. The largest absolute Gasteiger partial charge is 0.480 e. The Morgan fingerprint density at radius 1 is 1.28 bits per heavy atom. The number of carboxylic acids is 1. The molecule has 2 amide bonds. The fraction of sp³-hybridized carbons (Fsp3) is 0.833. The number of nitrogens with one attached hydrogen (secondary N) is 1. The molecule has 106 valence electrons. The number of carboxylic acid groups (broad SMARTS) is 1. The number of aliphatic hydroxyl groups excluding tert-OH is 1. The van der Waals surface area contributed by atoms with Crippen molar-refractivity contribution in [3.63, 3.8) is 0 Å². The number of rotatable bonds is 7. The van der Waals surface area contributed by atoms with Gasteiger partial charge in [0.2, 0.25) is 0 Å². The molecule has 0 aliphatic rings. The van der Waals surface area contributed by atoms with Crippen molar-refractivity contribution in [1.82, 2.24) is 10.2 Å². The monoisotopic (exact) mass is 260 g/mol. The Morgan fingerprint density at radius 2 is 1.83 bits per heavy atom. The molecule has 0 aromatic heterocycles. The third kappa shape index (κ3) is 5.35. The van der Waals surface area contributed by atoms with Crippen LogP contribution in [0, 0.1) is 5.92 Å². The van der Waals surface area contributed by atoms with Crippen molar-refractivity contribution in [3.05, 3.63) is 0 Å². The number of hydrogen-bond donors (Lipinski definition) is 3. The molecule has 0 heterocycles. The molecule has 0 aromatic carbocycles. The van der Waals surface area contributed by atoms with E-state index in [1.165, 1.54) is 6.92 Å². The van der Waals surface area contributed by atoms with Crippen molar-refractivity contribution < 1.29 is 19.8 Å². The Bertz CT molecular complexity index is 281. The fourth-order valence-electron chi connectivity index (χ4n) is 1.47.